The van der Waals surface area contributed by atoms with E-state index in [9.17, 15) is 13.6 Å². The highest BCUT2D eigenvalue weighted by atomic mass is 19.3. The van der Waals surface area contributed by atoms with Gasteiger partial charge in [-0.25, -0.2) is 0 Å². The summed E-state index contributed by atoms with van der Waals surface area (Å²) >= 11 is 0. The van der Waals surface area contributed by atoms with E-state index in [1.54, 1.807) is 0 Å². The number of carbonyl (C=O) groups is 1. The third-order valence-corrected chi connectivity index (χ3v) is 2.79. The molecule has 1 saturated heterocycles. The number of piperazine rings is 1. The predicted molar refractivity (Wildman–Crippen MR) is 53.8 cm³/mol. The highest BCUT2D eigenvalue weighted by molar-refractivity contribution is 5.79. The number of nitrogens with zero attached hydrogens (tertiary/aromatic N) is 3. The fourth-order valence-electron chi connectivity index (χ4n) is 1.82. The third kappa shape index (κ3) is 2.89. The van der Waals surface area contributed by atoms with Crippen molar-refractivity contribution in [1.29, 1.82) is 5.26 Å². The number of nitriles is 1. The van der Waals surface area contributed by atoms with Crippen LogP contribution in [-0.2, 0) is 4.79 Å². The number of carbonyl (C=O) groups excluding carboxylic acids is 1. The van der Waals surface area contributed by atoms with Gasteiger partial charge >= 0.3 is 6.43 Å². The average Bonchev–Trinajstić information content (AvgIpc) is 2.30. The SMILES string of the molecule is CCC(C#N)N1CCN(C(=O)C(F)F)CC1. The lowest BCUT2D eigenvalue weighted by atomic mass is 10.2. The molecular weight excluding hydrogens is 216 g/mol. The lowest BCUT2D eigenvalue weighted by Gasteiger charge is -2.36. The Morgan fingerprint density at radius 2 is 1.94 bits per heavy atom. The molecule has 1 unspecified atom stereocenters. The number of halogens is 2. The second-order valence-corrected chi connectivity index (χ2v) is 3.72. The first-order valence-electron chi connectivity index (χ1n) is 5.30. The zero-order chi connectivity index (χ0) is 12.1. The van der Waals surface area contributed by atoms with Gasteiger partial charge in [-0.05, 0) is 6.42 Å². The monoisotopic (exact) mass is 231 g/mol. The fraction of sp³-hybridized carbons (Fsp3) is 0.800. The molecule has 0 aromatic heterocycles. The highest BCUT2D eigenvalue weighted by Gasteiger charge is 2.28. The van der Waals surface area contributed by atoms with E-state index in [0.717, 1.165) is 4.90 Å². The number of rotatable bonds is 3. The summed E-state index contributed by atoms with van der Waals surface area (Å²) in [6.07, 6.45) is -2.22. The fourth-order valence-corrected chi connectivity index (χ4v) is 1.82. The summed E-state index contributed by atoms with van der Waals surface area (Å²) in [5, 5.41) is 8.85. The Bertz CT molecular complexity index is 282. The highest BCUT2D eigenvalue weighted by Crippen LogP contribution is 2.10. The van der Waals surface area contributed by atoms with Gasteiger partial charge in [-0.3, -0.25) is 9.69 Å². The maximum Gasteiger partial charge on any atom is 0.315 e. The van der Waals surface area contributed by atoms with Crippen LogP contribution in [0, 0.1) is 11.3 Å². The van der Waals surface area contributed by atoms with E-state index >= 15 is 0 Å². The number of alkyl halides is 2. The van der Waals surface area contributed by atoms with E-state index in [2.05, 4.69) is 6.07 Å². The Labute approximate surface area is 93.4 Å². The molecule has 1 atom stereocenters. The first kappa shape index (κ1) is 12.8. The van der Waals surface area contributed by atoms with E-state index in [1.807, 2.05) is 11.8 Å². The molecule has 6 heteroatoms. The van der Waals surface area contributed by atoms with Gasteiger partial charge in [0, 0.05) is 26.2 Å². The average molecular weight is 231 g/mol. The van der Waals surface area contributed by atoms with Crippen molar-refractivity contribution in [2.24, 2.45) is 0 Å². The van der Waals surface area contributed by atoms with Gasteiger partial charge < -0.3 is 4.90 Å². The molecule has 16 heavy (non-hydrogen) atoms. The number of hydrogen-bond acceptors (Lipinski definition) is 3. The Balaban J connectivity index is 2.46. The maximum absolute atomic E-state index is 12.1. The van der Waals surface area contributed by atoms with Crippen molar-refractivity contribution in [1.82, 2.24) is 9.80 Å². The molecule has 1 aliphatic heterocycles. The zero-order valence-electron chi connectivity index (χ0n) is 9.20. The summed E-state index contributed by atoms with van der Waals surface area (Å²) in [5.41, 5.74) is 0. The van der Waals surface area contributed by atoms with Crippen molar-refractivity contribution in [2.45, 2.75) is 25.8 Å². The van der Waals surface area contributed by atoms with Crippen molar-refractivity contribution in [3.8, 4) is 6.07 Å². The van der Waals surface area contributed by atoms with Gasteiger partial charge in [0.25, 0.3) is 5.91 Å². The van der Waals surface area contributed by atoms with Gasteiger partial charge in [0.2, 0.25) is 0 Å². The van der Waals surface area contributed by atoms with Crippen LogP contribution in [0.15, 0.2) is 0 Å². The molecular formula is C10H15F2N3O. The van der Waals surface area contributed by atoms with Crippen LogP contribution in [0.4, 0.5) is 8.78 Å². The molecule has 0 aromatic carbocycles. The summed E-state index contributed by atoms with van der Waals surface area (Å²) in [5.74, 6) is -1.11. The van der Waals surface area contributed by atoms with Crippen molar-refractivity contribution < 1.29 is 13.6 Å². The van der Waals surface area contributed by atoms with Crippen LogP contribution in [0.3, 0.4) is 0 Å². The standard InChI is InChI=1S/C10H15F2N3O/c1-2-8(7-13)14-3-5-15(6-4-14)10(16)9(11)12/h8-9H,2-6H2,1H3. The topological polar surface area (TPSA) is 47.3 Å². The van der Waals surface area contributed by atoms with E-state index < -0.39 is 12.3 Å². The van der Waals surface area contributed by atoms with Gasteiger partial charge in [-0.1, -0.05) is 6.92 Å². The smallest absolute Gasteiger partial charge is 0.315 e. The van der Waals surface area contributed by atoms with Gasteiger partial charge in [0.15, 0.2) is 0 Å². The molecule has 0 spiro atoms. The zero-order valence-corrected chi connectivity index (χ0v) is 9.20. The predicted octanol–water partition coefficient (Wildman–Crippen LogP) is 0.698. The lowest BCUT2D eigenvalue weighted by Crippen LogP contribution is -2.52. The van der Waals surface area contributed by atoms with Crippen molar-refractivity contribution in [3.63, 3.8) is 0 Å². The van der Waals surface area contributed by atoms with E-state index in [1.165, 1.54) is 0 Å². The van der Waals surface area contributed by atoms with Crippen LogP contribution in [0.2, 0.25) is 0 Å². The van der Waals surface area contributed by atoms with Crippen LogP contribution in [0.1, 0.15) is 13.3 Å². The van der Waals surface area contributed by atoms with Crippen molar-refractivity contribution in [2.75, 3.05) is 26.2 Å². The lowest BCUT2D eigenvalue weighted by molar-refractivity contribution is -0.144. The van der Waals surface area contributed by atoms with Gasteiger partial charge in [0.05, 0.1) is 12.1 Å². The summed E-state index contributed by atoms with van der Waals surface area (Å²) in [6.45, 7) is 3.45. The minimum absolute atomic E-state index is 0.177. The summed E-state index contributed by atoms with van der Waals surface area (Å²) in [4.78, 5) is 14.1. The molecule has 1 fully saturated rings. The van der Waals surface area contributed by atoms with Crippen LogP contribution in [-0.4, -0.2) is 54.4 Å². The van der Waals surface area contributed by atoms with Gasteiger partial charge in [-0.2, -0.15) is 14.0 Å². The van der Waals surface area contributed by atoms with E-state index in [-0.39, 0.29) is 19.1 Å². The van der Waals surface area contributed by atoms with Gasteiger partial charge in [0.1, 0.15) is 0 Å². The van der Waals surface area contributed by atoms with E-state index in [4.69, 9.17) is 5.26 Å². The van der Waals surface area contributed by atoms with Crippen LogP contribution < -0.4 is 0 Å². The molecule has 0 bridgehead atoms. The minimum Gasteiger partial charge on any atom is -0.335 e. The number of amides is 1. The summed E-state index contributed by atoms with van der Waals surface area (Å²) in [7, 11) is 0. The van der Waals surface area contributed by atoms with E-state index in [0.29, 0.717) is 19.5 Å². The molecule has 0 saturated carbocycles. The Hall–Kier alpha value is -1.22. The van der Waals surface area contributed by atoms with Crippen molar-refractivity contribution in [3.05, 3.63) is 0 Å². The quantitative estimate of drug-likeness (QED) is 0.718. The maximum atomic E-state index is 12.1. The molecule has 1 rings (SSSR count). The van der Waals surface area contributed by atoms with Crippen molar-refractivity contribution >= 4 is 5.91 Å². The Morgan fingerprint density at radius 3 is 2.31 bits per heavy atom. The first-order valence-corrected chi connectivity index (χ1v) is 5.30. The van der Waals surface area contributed by atoms with Crippen LogP contribution in [0.5, 0.6) is 0 Å². The molecule has 1 heterocycles. The minimum atomic E-state index is -2.93. The molecule has 0 aromatic rings. The van der Waals surface area contributed by atoms with Crippen LogP contribution >= 0.6 is 0 Å². The Morgan fingerprint density at radius 1 is 1.38 bits per heavy atom. The molecule has 1 aliphatic rings. The van der Waals surface area contributed by atoms with Crippen LogP contribution in [0.25, 0.3) is 0 Å². The van der Waals surface area contributed by atoms with Gasteiger partial charge in [-0.15, -0.1) is 0 Å². The second kappa shape index (κ2) is 5.75. The second-order valence-electron chi connectivity index (χ2n) is 3.72. The molecule has 0 N–H and O–H groups in total. The molecule has 1 amide bonds. The third-order valence-electron chi connectivity index (χ3n) is 2.79. The summed E-state index contributed by atoms with van der Waals surface area (Å²) < 4.78 is 24.3. The molecule has 4 nitrogen and oxygen atoms in total. The summed E-state index contributed by atoms with van der Waals surface area (Å²) in [6, 6.07) is 1.99. The molecule has 0 aliphatic carbocycles. The largest absolute Gasteiger partial charge is 0.335 e. The molecule has 0 radical (unpaired) electrons. The number of hydrogen-bond donors (Lipinski definition) is 0. The Kier molecular flexibility index (Phi) is 4.62. The molecule has 90 valence electrons. The normalized spacial score (nSPS) is 19.6. The first-order chi connectivity index (χ1) is 7.60.